The molecule has 200 valence electrons. The molecule has 1 heteroatoms. The van der Waals surface area contributed by atoms with Gasteiger partial charge in [0.1, 0.15) is 11.2 Å². The average molecular weight is 573 g/mol. The second kappa shape index (κ2) is 9.44. The molecule has 0 saturated carbocycles. The van der Waals surface area contributed by atoms with Crippen LogP contribution in [-0.2, 0) is 0 Å². The molecule has 0 spiro atoms. The fourth-order valence-electron chi connectivity index (χ4n) is 5.29. The van der Waals surface area contributed by atoms with E-state index in [4.69, 9.17) is 29.1 Å². The average Bonchev–Trinajstić information content (AvgIpc) is 3.73. The lowest BCUT2D eigenvalue weighted by atomic mass is 9.83. The van der Waals surface area contributed by atoms with E-state index in [1.54, 1.807) is 0 Å². The van der Waals surface area contributed by atoms with Crippen molar-refractivity contribution in [1.82, 2.24) is 0 Å². The maximum atomic E-state index is 9.51. The lowest BCUT2D eigenvalue weighted by molar-refractivity contribution is 0.669. The van der Waals surface area contributed by atoms with Crippen molar-refractivity contribution in [2.24, 2.45) is 0 Å². The highest BCUT2D eigenvalue weighted by atomic mass is 16.3. The van der Waals surface area contributed by atoms with Crippen LogP contribution in [0.2, 0.25) is 0 Å². The molecule has 0 aliphatic rings. The van der Waals surface area contributed by atoms with Crippen molar-refractivity contribution >= 4 is 54.3 Å². The molecule has 0 unspecified atom stereocenters. The molecule has 0 bridgehead atoms. The highest BCUT2D eigenvalue weighted by Crippen LogP contribution is 2.48. The second-order valence-electron chi connectivity index (χ2n) is 9.26. The van der Waals surface area contributed by atoms with E-state index in [1.165, 1.54) is 0 Å². The lowest BCUT2D eigenvalue weighted by Crippen LogP contribution is -1.93. The molecule has 1 nitrogen and oxygen atoms in total. The topological polar surface area (TPSA) is 13.1 Å². The van der Waals surface area contributed by atoms with Crippen molar-refractivity contribution in [2.75, 3.05) is 0 Å². The fraction of sp³-hybridized carbons (Fsp3) is 0. The summed E-state index contributed by atoms with van der Waals surface area (Å²) in [6, 6.07) is -24.2. The SMILES string of the molecule is [2H]c1c([2H])c([2H])c(-c2c([2H])c([2H])c([2H])c([2H])c2-c2c3c([2H])c([2H])c([2H])c([2H])c3c(-c3c([2H])c([2H])c([2H])c4oc5c([2H])c6c([2H])c([2H])c([2H])c([2H])c6c([2H])c5c34)c3c([2H])c([2H])c([2H])c([2H])c23)c([2H])c1[2H]. The monoisotopic (exact) mass is 572 g/mol. The molecule has 8 aromatic carbocycles. The molecule has 0 radical (unpaired) electrons. The third kappa shape index (κ3) is 3.65. The minimum Gasteiger partial charge on any atom is -0.456 e. The van der Waals surface area contributed by atoms with Crippen molar-refractivity contribution in [3.63, 3.8) is 0 Å². The van der Waals surface area contributed by atoms with E-state index in [9.17, 15) is 11.0 Å². The van der Waals surface area contributed by atoms with Crippen molar-refractivity contribution in [2.45, 2.75) is 0 Å². The molecule has 0 saturated heterocycles. The first-order valence-corrected chi connectivity index (χ1v) is 12.7. The minimum absolute atomic E-state index is 0.478. The van der Waals surface area contributed by atoms with Crippen molar-refractivity contribution in [3.05, 3.63) is 157 Å². The summed E-state index contributed by atoms with van der Waals surface area (Å²) in [5.74, 6) is 0. The summed E-state index contributed by atoms with van der Waals surface area (Å²) < 4.78 is 239. The maximum absolute atomic E-state index is 9.51. The minimum atomic E-state index is -1.05. The first kappa shape index (κ1) is 9.69. The predicted molar refractivity (Wildman–Crippen MR) is 183 cm³/mol. The van der Waals surface area contributed by atoms with Crippen LogP contribution >= 0.6 is 0 Å². The van der Waals surface area contributed by atoms with Crippen LogP contribution in [-0.4, -0.2) is 0 Å². The predicted octanol–water partition coefficient (Wildman–Crippen LogP) is 12.0. The third-order valence-corrected chi connectivity index (χ3v) is 7.01. The van der Waals surface area contributed by atoms with Gasteiger partial charge in [-0.3, -0.25) is 0 Å². The quantitative estimate of drug-likeness (QED) is 0.192. The number of hydrogen-bond acceptors (Lipinski definition) is 1. The van der Waals surface area contributed by atoms with E-state index in [0.717, 1.165) is 0 Å². The third-order valence-electron chi connectivity index (χ3n) is 7.01. The van der Waals surface area contributed by atoms with E-state index >= 15 is 0 Å². The summed E-state index contributed by atoms with van der Waals surface area (Å²) in [5.41, 5.74) is -5.88. The standard InChI is InChI=1S/C42H26O/c1-2-13-27(14-3-1)30-17-6-7-18-31(30)40-32-19-8-10-21-34(32)41(35-22-11-9-20-33(35)40)36-23-12-24-38-42(36)37-25-28-15-4-5-16-29(28)26-39(37)43-38/h1-26H/i1D,2D,3D,4D,5D,6D,7D,8D,9D,10D,11D,12D,13D,14D,15D,16D,17D,18D,19D,20D,21D,22D,23D,24D,25D,26D. The van der Waals surface area contributed by atoms with Crippen LogP contribution in [0, 0.1) is 0 Å². The van der Waals surface area contributed by atoms with E-state index in [-0.39, 0.29) is 0 Å². The van der Waals surface area contributed by atoms with Crippen molar-refractivity contribution < 1.29 is 40.1 Å². The number of furan rings is 1. The molecule has 9 rings (SSSR count). The largest absolute Gasteiger partial charge is 0.456 e. The van der Waals surface area contributed by atoms with Gasteiger partial charge in [-0.2, -0.15) is 0 Å². The molecule has 0 atom stereocenters. The Labute approximate surface area is 285 Å². The Morgan fingerprint density at radius 2 is 0.884 bits per heavy atom. The summed E-state index contributed by atoms with van der Waals surface area (Å²) in [7, 11) is 0. The van der Waals surface area contributed by atoms with Gasteiger partial charge >= 0.3 is 0 Å². The van der Waals surface area contributed by atoms with Crippen molar-refractivity contribution in [1.29, 1.82) is 0 Å². The summed E-state index contributed by atoms with van der Waals surface area (Å²) in [4.78, 5) is 0. The molecular formula is C42H26O. The summed E-state index contributed by atoms with van der Waals surface area (Å²) in [5, 5.41) is -5.04. The van der Waals surface area contributed by atoms with Gasteiger partial charge in [0.05, 0.1) is 35.6 Å². The molecule has 9 aromatic rings. The smallest absolute Gasteiger partial charge is 0.136 e. The van der Waals surface area contributed by atoms with Crippen LogP contribution in [0.1, 0.15) is 35.6 Å². The molecular weight excluding hydrogens is 520 g/mol. The van der Waals surface area contributed by atoms with Gasteiger partial charge in [0, 0.05) is 10.8 Å². The van der Waals surface area contributed by atoms with Gasteiger partial charge < -0.3 is 4.42 Å². The van der Waals surface area contributed by atoms with Gasteiger partial charge in [-0.05, 0) is 83.8 Å². The van der Waals surface area contributed by atoms with Crippen LogP contribution in [0.15, 0.2) is 162 Å². The zero-order chi connectivity index (χ0) is 51.0. The van der Waals surface area contributed by atoms with Gasteiger partial charge in [-0.1, -0.05) is 139 Å². The second-order valence-corrected chi connectivity index (χ2v) is 9.26. The summed E-state index contributed by atoms with van der Waals surface area (Å²) in [6.45, 7) is 0. The normalized spacial score (nSPS) is 20.2. The Balaban J connectivity index is 1.69. The number of hydrogen-bond donors (Lipinski definition) is 0. The molecule has 0 N–H and O–H groups in total. The molecule has 1 aromatic heterocycles. The highest BCUT2D eigenvalue weighted by Gasteiger charge is 2.21. The maximum Gasteiger partial charge on any atom is 0.136 e. The summed E-state index contributed by atoms with van der Waals surface area (Å²) in [6.07, 6.45) is 0. The molecule has 0 amide bonds. The first-order valence-electron chi connectivity index (χ1n) is 25.7. The van der Waals surface area contributed by atoms with Crippen LogP contribution in [0.4, 0.5) is 0 Å². The van der Waals surface area contributed by atoms with Crippen molar-refractivity contribution in [3.8, 4) is 33.4 Å². The molecule has 0 aliphatic carbocycles. The Morgan fingerprint density at radius 3 is 1.56 bits per heavy atom. The Bertz CT molecular complexity index is 3860. The number of rotatable bonds is 3. The van der Waals surface area contributed by atoms with Crippen LogP contribution in [0.3, 0.4) is 0 Å². The van der Waals surface area contributed by atoms with E-state index < -0.39 is 245 Å². The number of benzene rings is 8. The molecule has 0 fully saturated rings. The van der Waals surface area contributed by atoms with Crippen LogP contribution < -0.4 is 0 Å². The van der Waals surface area contributed by atoms with Crippen LogP contribution in [0.25, 0.3) is 87.6 Å². The Morgan fingerprint density at radius 1 is 0.372 bits per heavy atom. The summed E-state index contributed by atoms with van der Waals surface area (Å²) >= 11 is 0. The highest BCUT2D eigenvalue weighted by molar-refractivity contribution is 6.26. The molecule has 1 heterocycles. The van der Waals surface area contributed by atoms with Gasteiger partial charge in [0.2, 0.25) is 0 Å². The van der Waals surface area contributed by atoms with E-state index in [1.807, 2.05) is 0 Å². The van der Waals surface area contributed by atoms with Gasteiger partial charge in [0.15, 0.2) is 0 Å². The zero-order valence-corrected chi connectivity index (χ0v) is 21.4. The van der Waals surface area contributed by atoms with Gasteiger partial charge in [0.25, 0.3) is 0 Å². The molecule has 0 aliphatic heterocycles. The Kier molecular flexibility index (Phi) is 2.13. The fourth-order valence-corrected chi connectivity index (χ4v) is 5.29. The zero-order valence-electron chi connectivity index (χ0n) is 47.4. The number of fused-ring (bicyclic) bond motifs is 6. The van der Waals surface area contributed by atoms with Gasteiger partial charge in [-0.25, -0.2) is 0 Å². The van der Waals surface area contributed by atoms with Crippen LogP contribution in [0.5, 0.6) is 0 Å². The lowest BCUT2D eigenvalue weighted by Gasteiger charge is -2.20. The molecule has 43 heavy (non-hydrogen) atoms. The van der Waals surface area contributed by atoms with E-state index in [2.05, 4.69) is 0 Å². The first-order chi connectivity index (χ1) is 32.2. The van der Waals surface area contributed by atoms with Gasteiger partial charge in [-0.15, -0.1) is 0 Å². The van der Waals surface area contributed by atoms with E-state index in [0.29, 0.717) is 0 Å². The Hall–Kier alpha value is -5.66.